The summed E-state index contributed by atoms with van der Waals surface area (Å²) in [6.45, 7) is 2.50. The molecule has 3 aromatic rings. The Hall–Kier alpha value is -4.04. The van der Waals surface area contributed by atoms with E-state index in [0.29, 0.717) is 0 Å². The van der Waals surface area contributed by atoms with Gasteiger partial charge >= 0.3 is 5.97 Å². The van der Waals surface area contributed by atoms with E-state index in [-0.39, 0.29) is 17.1 Å². The molecule has 13 heteroatoms. The zero-order chi connectivity index (χ0) is 27.2. The lowest BCUT2D eigenvalue weighted by Gasteiger charge is -2.38. The average molecular weight is 520 g/mol. The molecule has 1 aliphatic rings. The summed E-state index contributed by atoms with van der Waals surface area (Å²) in [5.41, 5.74) is -1.44. The quantitative estimate of drug-likeness (QED) is 0.156. The summed E-state index contributed by atoms with van der Waals surface area (Å²) < 4.78 is 27.3. The molecule has 1 aromatic heterocycles. The molecule has 13 nitrogen and oxygen atoms in total. The second-order valence-corrected chi connectivity index (χ2v) is 8.32. The zero-order valence-corrected chi connectivity index (χ0v) is 19.7. The van der Waals surface area contributed by atoms with Crippen molar-refractivity contribution in [1.29, 1.82) is 0 Å². The topological polar surface area (TPSA) is 206 Å². The molecule has 1 aliphatic heterocycles. The molecule has 0 aliphatic carbocycles. The number of phenols is 3. The van der Waals surface area contributed by atoms with Crippen molar-refractivity contribution in [3.05, 3.63) is 34.5 Å². The SMILES string of the molecule is COc1cc(O)c2c(=O)c(O[C@H]3O[C@@H](C)[C@H](O)[C@@H](O)[C@@H]3O)c(-c3ccc(O)c(O)c3)oc2c1OC(C)=O. The Kier molecular flexibility index (Phi) is 6.88. The van der Waals surface area contributed by atoms with Crippen LogP contribution < -0.4 is 19.6 Å². The van der Waals surface area contributed by atoms with Crippen LogP contribution in [-0.2, 0) is 9.53 Å². The van der Waals surface area contributed by atoms with Gasteiger partial charge in [-0.15, -0.1) is 0 Å². The van der Waals surface area contributed by atoms with Crippen molar-refractivity contribution in [2.45, 2.75) is 44.6 Å². The van der Waals surface area contributed by atoms with Crippen LogP contribution in [0.3, 0.4) is 0 Å². The summed E-state index contributed by atoms with van der Waals surface area (Å²) in [6, 6.07) is 4.42. The smallest absolute Gasteiger partial charge is 0.308 e. The summed E-state index contributed by atoms with van der Waals surface area (Å²) in [4.78, 5) is 25.4. The van der Waals surface area contributed by atoms with Gasteiger partial charge in [-0.05, 0) is 25.1 Å². The summed E-state index contributed by atoms with van der Waals surface area (Å²) in [6.07, 6.45) is -7.62. The summed E-state index contributed by atoms with van der Waals surface area (Å²) >= 11 is 0. The van der Waals surface area contributed by atoms with Gasteiger partial charge in [-0.3, -0.25) is 9.59 Å². The molecule has 1 saturated heterocycles. The number of ether oxygens (including phenoxy) is 4. The van der Waals surface area contributed by atoms with Crippen LogP contribution in [0.15, 0.2) is 33.5 Å². The molecule has 2 aromatic carbocycles. The normalized spacial score (nSPS) is 23.6. The molecule has 2 heterocycles. The minimum Gasteiger partial charge on any atom is -0.507 e. The number of methoxy groups -OCH3 is 1. The van der Waals surface area contributed by atoms with Gasteiger partial charge in [-0.1, -0.05) is 0 Å². The molecule has 0 bridgehead atoms. The number of carbonyl (C=O) groups is 1. The molecular formula is C24H24O13. The Morgan fingerprint density at radius 2 is 1.65 bits per heavy atom. The lowest BCUT2D eigenvalue weighted by atomic mass is 10.00. The minimum atomic E-state index is -1.80. The van der Waals surface area contributed by atoms with Crippen LogP contribution in [0, 0.1) is 0 Å². The standard InChI is InChI=1S/C24H24O13/c1-8-16(29)18(31)19(32)24(34-8)37-23-17(30)15-13(28)7-14(33-3)21(35-9(2)25)22(15)36-20(23)10-4-5-11(26)12(27)6-10/h4-8,16,18-19,24,26-29,31-32H,1-3H3/t8-,16-,18+,19-,24+/m0/s1. The van der Waals surface area contributed by atoms with Crippen LogP contribution in [0.2, 0.25) is 0 Å². The predicted octanol–water partition coefficient (Wildman–Crippen LogP) is 0.717. The van der Waals surface area contributed by atoms with Crippen LogP contribution in [0.4, 0.5) is 0 Å². The van der Waals surface area contributed by atoms with Gasteiger partial charge in [-0.25, -0.2) is 0 Å². The molecule has 0 unspecified atom stereocenters. The fourth-order valence-electron chi connectivity index (χ4n) is 3.87. The summed E-state index contributed by atoms with van der Waals surface area (Å²) in [7, 11) is 1.23. The number of fused-ring (bicyclic) bond motifs is 1. The van der Waals surface area contributed by atoms with E-state index in [2.05, 4.69) is 0 Å². The number of aliphatic hydroxyl groups excluding tert-OH is 3. The number of rotatable bonds is 5. The van der Waals surface area contributed by atoms with Gasteiger partial charge in [-0.2, -0.15) is 0 Å². The minimum absolute atomic E-state index is 0.0145. The number of hydrogen-bond acceptors (Lipinski definition) is 13. The predicted molar refractivity (Wildman–Crippen MR) is 124 cm³/mol. The molecular weight excluding hydrogens is 496 g/mol. The van der Waals surface area contributed by atoms with Crippen molar-refractivity contribution in [3.63, 3.8) is 0 Å². The van der Waals surface area contributed by atoms with Crippen molar-refractivity contribution in [1.82, 2.24) is 0 Å². The Bertz CT molecular complexity index is 1410. The second-order valence-electron chi connectivity index (χ2n) is 8.32. The van der Waals surface area contributed by atoms with E-state index in [1.165, 1.54) is 20.1 Å². The van der Waals surface area contributed by atoms with Gasteiger partial charge in [0.05, 0.1) is 13.2 Å². The van der Waals surface area contributed by atoms with E-state index >= 15 is 0 Å². The van der Waals surface area contributed by atoms with Gasteiger partial charge in [0, 0.05) is 18.6 Å². The molecule has 0 spiro atoms. The monoisotopic (exact) mass is 520 g/mol. The van der Waals surface area contributed by atoms with Crippen molar-refractivity contribution < 1.29 is 58.8 Å². The van der Waals surface area contributed by atoms with Gasteiger partial charge < -0.3 is 54.0 Å². The first-order valence-corrected chi connectivity index (χ1v) is 10.9. The van der Waals surface area contributed by atoms with Crippen molar-refractivity contribution in [3.8, 4) is 45.8 Å². The van der Waals surface area contributed by atoms with E-state index in [1.807, 2.05) is 0 Å². The molecule has 37 heavy (non-hydrogen) atoms. The number of carbonyl (C=O) groups excluding carboxylic acids is 1. The Morgan fingerprint density at radius 1 is 0.946 bits per heavy atom. The largest absolute Gasteiger partial charge is 0.507 e. The molecule has 0 saturated carbocycles. The highest BCUT2D eigenvalue weighted by molar-refractivity contribution is 5.94. The maximum absolute atomic E-state index is 13.7. The van der Waals surface area contributed by atoms with E-state index in [4.69, 9.17) is 23.4 Å². The molecule has 6 N–H and O–H groups in total. The lowest BCUT2D eigenvalue weighted by molar-refractivity contribution is -0.268. The van der Waals surface area contributed by atoms with E-state index in [9.17, 15) is 40.2 Å². The Morgan fingerprint density at radius 3 is 2.27 bits per heavy atom. The molecule has 198 valence electrons. The number of hydrogen-bond donors (Lipinski definition) is 6. The second kappa shape index (κ2) is 9.78. The van der Waals surface area contributed by atoms with Crippen LogP contribution in [-0.4, -0.2) is 74.4 Å². The van der Waals surface area contributed by atoms with Crippen LogP contribution in [0.1, 0.15) is 13.8 Å². The van der Waals surface area contributed by atoms with Crippen LogP contribution >= 0.6 is 0 Å². The van der Waals surface area contributed by atoms with Crippen molar-refractivity contribution in [2.75, 3.05) is 7.11 Å². The Balaban J connectivity index is 2.02. The van der Waals surface area contributed by atoms with E-state index in [1.54, 1.807) is 0 Å². The maximum Gasteiger partial charge on any atom is 0.308 e. The van der Waals surface area contributed by atoms with Gasteiger partial charge in [0.25, 0.3) is 0 Å². The number of benzene rings is 2. The van der Waals surface area contributed by atoms with Crippen molar-refractivity contribution in [2.24, 2.45) is 0 Å². The summed E-state index contributed by atoms with van der Waals surface area (Å²) in [5.74, 6) is -3.99. The molecule has 5 atom stereocenters. The molecule has 4 rings (SSSR count). The third kappa shape index (κ3) is 4.60. The number of esters is 1. The van der Waals surface area contributed by atoms with Crippen LogP contribution in [0.25, 0.3) is 22.3 Å². The molecule has 1 fully saturated rings. The third-order valence-corrected chi connectivity index (χ3v) is 5.77. The van der Waals surface area contributed by atoms with E-state index < -0.39 is 81.8 Å². The highest BCUT2D eigenvalue weighted by Crippen LogP contribution is 2.44. The first-order valence-electron chi connectivity index (χ1n) is 10.9. The lowest BCUT2D eigenvalue weighted by Crippen LogP contribution is -2.58. The highest BCUT2D eigenvalue weighted by atomic mass is 16.7. The van der Waals surface area contributed by atoms with Gasteiger partial charge in [0.15, 0.2) is 28.6 Å². The number of aliphatic hydroxyl groups is 3. The first-order chi connectivity index (χ1) is 17.4. The van der Waals surface area contributed by atoms with E-state index in [0.717, 1.165) is 25.1 Å². The fourth-order valence-corrected chi connectivity index (χ4v) is 3.87. The fraction of sp³-hybridized carbons (Fsp3) is 0.333. The van der Waals surface area contributed by atoms with Crippen molar-refractivity contribution >= 4 is 16.9 Å². The zero-order valence-electron chi connectivity index (χ0n) is 19.7. The third-order valence-electron chi connectivity index (χ3n) is 5.77. The highest BCUT2D eigenvalue weighted by Gasteiger charge is 2.44. The summed E-state index contributed by atoms with van der Waals surface area (Å²) in [5, 5.41) is 60.4. The Labute approximate surface area is 208 Å². The first kappa shape index (κ1) is 26.0. The van der Waals surface area contributed by atoms with Gasteiger partial charge in [0.2, 0.25) is 23.2 Å². The number of aromatic hydroxyl groups is 3. The van der Waals surface area contributed by atoms with Gasteiger partial charge in [0.1, 0.15) is 29.4 Å². The van der Waals surface area contributed by atoms with Crippen LogP contribution in [0.5, 0.6) is 34.5 Å². The maximum atomic E-state index is 13.7. The molecule has 0 radical (unpaired) electrons. The number of phenolic OH excluding ortho intramolecular Hbond substituents is 3. The molecule has 0 amide bonds. The average Bonchev–Trinajstić information content (AvgIpc) is 2.85.